The lowest BCUT2D eigenvalue weighted by Gasteiger charge is -2.24. The van der Waals surface area contributed by atoms with Crippen LogP contribution in [0.5, 0.6) is 0 Å². The highest BCUT2D eigenvalue weighted by Crippen LogP contribution is 2.27. The van der Waals surface area contributed by atoms with Crippen molar-refractivity contribution < 1.29 is 19.4 Å². The van der Waals surface area contributed by atoms with Crippen molar-refractivity contribution in [2.24, 2.45) is 0 Å². The highest BCUT2D eigenvalue weighted by Gasteiger charge is 2.46. The summed E-state index contributed by atoms with van der Waals surface area (Å²) in [6, 6.07) is 15.8. The Morgan fingerprint density at radius 1 is 1.09 bits per heavy atom. The van der Waals surface area contributed by atoms with Crippen molar-refractivity contribution in [1.29, 1.82) is 0 Å². The number of halogens is 1. The zero-order valence-corrected chi connectivity index (χ0v) is 14.2. The summed E-state index contributed by atoms with van der Waals surface area (Å²) in [5, 5.41) is 10.7. The van der Waals surface area contributed by atoms with Gasteiger partial charge in [0.25, 0.3) is 0 Å². The molecular formula is C18H17BrO4. The number of aryl methyl sites for hydroxylation is 1. The van der Waals surface area contributed by atoms with Gasteiger partial charge in [-0.2, -0.15) is 0 Å². The fourth-order valence-electron chi connectivity index (χ4n) is 2.31. The molecule has 2 aromatic carbocycles. The van der Waals surface area contributed by atoms with Crippen molar-refractivity contribution in [3.8, 4) is 0 Å². The largest absolute Gasteiger partial charge is 0.466 e. The minimum atomic E-state index is -2.29. The van der Waals surface area contributed by atoms with Crippen LogP contribution in [-0.2, 0) is 26.3 Å². The number of methoxy groups -OCH3 is 1. The van der Waals surface area contributed by atoms with Crippen LogP contribution in [-0.4, -0.2) is 24.0 Å². The number of carbonyl (C=O) groups excluding carboxylic acids is 2. The summed E-state index contributed by atoms with van der Waals surface area (Å²) in [5.74, 6) is -1.56. The van der Waals surface area contributed by atoms with E-state index in [1.165, 1.54) is 12.1 Å². The van der Waals surface area contributed by atoms with Gasteiger partial charge in [-0.15, -0.1) is 0 Å². The molecule has 4 nitrogen and oxygen atoms in total. The second-order valence-corrected chi connectivity index (χ2v) is 6.03. The summed E-state index contributed by atoms with van der Waals surface area (Å²) in [4.78, 5) is 24.6. The van der Waals surface area contributed by atoms with Crippen LogP contribution in [0, 0.1) is 0 Å². The Labute approximate surface area is 143 Å². The van der Waals surface area contributed by atoms with Crippen LogP contribution in [0.1, 0.15) is 17.5 Å². The summed E-state index contributed by atoms with van der Waals surface area (Å²) < 4.78 is 5.43. The summed E-state index contributed by atoms with van der Waals surface area (Å²) >= 11 is 3.28. The third-order valence-corrected chi connectivity index (χ3v) is 4.16. The van der Waals surface area contributed by atoms with Gasteiger partial charge in [0.1, 0.15) is 0 Å². The molecule has 0 unspecified atom stereocenters. The normalized spacial score (nSPS) is 13.2. The number of aliphatic hydroxyl groups is 1. The molecule has 0 radical (unpaired) electrons. The number of ether oxygens (including phenoxy) is 1. The Morgan fingerprint density at radius 3 is 2.26 bits per heavy atom. The van der Waals surface area contributed by atoms with Gasteiger partial charge in [-0.1, -0.05) is 58.4 Å². The van der Waals surface area contributed by atoms with Crippen LogP contribution >= 0.6 is 15.9 Å². The van der Waals surface area contributed by atoms with Gasteiger partial charge in [-0.05, 0) is 24.1 Å². The third kappa shape index (κ3) is 3.86. The van der Waals surface area contributed by atoms with E-state index in [2.05, 4.69) is 20.7 Å². The lowest BCUT2D eigenvalue weighted by atomic mass is 9.86. The Kier molecular flexibility index (Phi) is 5.69. The molecule has 0 aliphatic rings. The zero-order valence-electron chi connectivity index (χ0n) is 12.7. The first-order valence-electron chi connectivity index (χ1n) is 7.12. The topological polar surface area (TPSA) is 63.6 Å². The highest BCUT2D eigenvalue weighted by molar-refractivity contribution is 9.10. The number of esters is 1. The molecular weight excluding hydrogens is 360 g/mol. The van der Waals surface area contributed by atoms with Crippen LogP contribution in [0.15, 0.2) is 59.1 Å². The van der Waals surface area contributed by atoms with E-state index in [-0.39, 0.29) is 12.0 Å². The molecule has 2 rings (SSSR count). The Bertz CT molecular complexity index is 682. The summed E-state index contributed by atoms with van der Waals surface area (Å²) in [6.45, 7) is 0. The maximum atomic E-state index is 12.6. The minimum absolute atomic E-state index is 0.0334. The number of rotatable bonds is 6. The molecule has 0 aliphatic heterocycles. The van der Waals surface area contributed by atoms with E-state index in [1.807, 2.05) is 30.3 Å². The first kappa shape index (κ1) is 17.4. The molecule has 0 aromatic heterocycles. The highest BCUT2D eigenvalue weighted by atomic mass is 79.9. The second-order valence-electron chi connectivity index (χ2n) is 5.12. The van der Waals surface area contributed by atoms with E-state index in [0.29, 0.717) is 6.42 Å². The van der Waals surface area contributed by atoms with E-state index in [4.69, 9.17) is 0 Å². The summed E-state index contributed by atoms with van der Waals surface area (Å²) in [7, 11) is 1.15. The molecule has 120 valence electrons. The van der Waals surface area contributed by atoms with E-state index >= 15 is 0 Å². The molecule has 0 aliphatic carbocycles. The molecule has 0 fully saturated rings. The van der Waals surface area contributed by atoms with Crippen LogP contribution in [0.4, 0.5) is 0 Å². The number of carbonyl (C=O) groups is 2. The van der Waals surface area contributed by atoms with Crippen molar-refractivity contribution in [3.05, 3.63) is 70.2 Å². The van der Waals surface area contributed by atoms with Gasteiger partial charge >= 0.3 is 5.97 Å². The maximum Gasteiger partial charge on any atom is 0.350 e. The molecule has 2 aromatic rings. The molecule has 0 spiro atoms. The fraction of sp³-hybridized carbons (Fsp3) is 0.222. The smallest absolute Gasteiger partial charge is 0.350 e. The van der Waals surface area contributed by atoms with Gasteiger partial charge in [-0.3, -0.25) is 4.79 Å². The first-order valence-corrected chi connectivity index (χ1v) is 7.92. The lowest BCUT2D eigenvalue weighted by molar-refractivity contribution is -0.169. The molecule has 0 bridgehead atoms. The monoisotopic (exact) mass is 376 g/mol. The van der Waals surface area contributed by atoms with Crippen molar-refractivity contribution >= 4 is 27.7 Å². The molecule has 23 heavy (non-hydrogen) atoms. The van der Waals surface area contributed by atoms with E-state index in [1.54, 1.807) is 12.1 Å². The Morgan fingerprint density at radius 2 is 1.70 bits per heavy atom. The number of hydrogen-bond donors (Lipinski definition) is 1. The molecule has 0 saturated carbocycles. The molecule has 0 heterocycles. The van der Waals surface area contributed by atoms with Crippen LogP contribution in [0.2, 0.25) is 0 Å². The fourth-order valence-corrected chi connectivity index (χ4v) is 2.58. The Hall–Kier alpha value is -1.98. The number of hydrogen-bond acceptors (Lipinski definition) is 4. The lowest BCUT2D eigenvalue weighted by Crippen LogP contribution is -2.44. The van der Waals surface area contributed by atoms with Crippen LogP contribution in [0.3, 0.4) is 0 Å². The van der Waals surface area contributed by atoms with Gasteiger partial charge in [0.15, 0.2) is 5.78 Å². The average Bonchev–Trinajstić information content (AvgIpc) is 2.59. The minimum Gasteiger partial charge on any atom is -0.466 e. The Balaban J connectivity index is 2.25. The molecule has 5 heteroatoms. The number of benzene rings is 2. The van der Waals surface area contributed by atoms with Crippen molar-refractivity contribution in [2.75, 3.05) is 7.11 Å². The third-order valence-electron chi connectivity index (χ3n) is 3.63. The predicted octanol–water partition coefficient (Wildman–Crippen LogP) is 3.01. The van der Waals surface area contributed by atoms with E-state index in [0.717, 1.165) is 17.1 Å². The van der Waals surface area contributed by atoms with Crippen molar-refractivity contribution in [3.63, 3.8) is 0 Å². The summed E-state index contributed by atoms with van der Waals surface area (Å²) in [5.41, 5.74) is -1.13. The predicted molar refractivity (Wildman–Crippen MR) is 89.8 cm³/mol. The summed E-state index contributed by atoms with van der Waals surface area (Å²) in [6.07, 6.45) is 0.473. The zero-order chi connectivity index (χ0) is 16.9. The first-order chi connectivity index (χ1) is 11.0. The van der Waals surface area contributed by atoms with Gasteiger partial charge in [0, 0.05) is 16.5 Å². The van der Waals surface area contributed by atoms with E-state index < -0.39 is 17.4 Å². The maximum absolute atomic E-state index is 12.6. The van der Waals surface area contributed by atoms with Gasteiger partial charge in [0.2, 0.25) is 5.60 Å². The molecule has 1 N–H and O–H groups in total. The van der Waals surface area contributed by atoms with Crippen molar-refractivity contribution in [2.45, 2.75) is 18.4 Å². The molecule has 1 atom stereocenters. The van der Waals surface area contributed by atoms with Gasteiger partial charge in [-0.25, -0.2) is 4.79 Å². The van der Waals surface area contributed by atoms with Gasteiger partial charge in [0.05, 0.1) is 7.11 Å². The second kappa shape index (κ2) is 7.53. The molecule has 0 amide bonds. The standard InChI is InChI=1S/C18H17BrO4/c1-23-17(21)18(22,14-8-10-15(19)11-9-14)16(20)12-7-13-5-3-2-4-6-13/h2-6,8-11,22H,7,12H2,1H3/t18-/m1/s1. The van der Waals surface area contributed by atoms with Crippen LogP contribution < -0.4 is 0 Å². The number of Topliss-reactive ketones (excluding diaryl/α,β-unsaturated/α-hetero) is 1. The van der Waals surface area contributed by atoms with E-state index in [9.17, 15) is 14.7 Å². The molecule has 0 saturated heterocycles. The quantitative estimate of drug-likeness (QED) is 0.621. The average molecular weight is 377 g/mol. The van der Waals surface area contributed by atoms with Crippen molar-refractivity contribution in [1.82, 2.24) is 0 Å². The van der Waals surface area contributed by atoms with Gasteiger partial charge < -0.3 is 9.84 Å². The van der Waals surface area contributed by atoms with Crippen LogP contribution in [0.25, 0.3) is 0 Å². The SMILES string of the molecule is COC(=O)[C@](O)(C(=O)CCc1ccccc1)c1ccc(Br)cc1. The number of ketones is 1.